The molecule has 0 aliphatic heterocycles. The number of hydrogen-bond donors (Lipinski definition) is 0. The van der Waals surface area contributed by atoms with E-state index in [9.17, 15) is 0 Å². The SMILES string of the molecule is c1ccc(-c2ccc(N(c3cccc(-n4c5ccccc5c5ccccc54)c3)c3ccc4oc5ccccc5c4c3-c3cccc4ccccc34)cc2)cc1. The van der Waals surface area contributed by atoms with E-state index in [-0.39, 0.29) is 0 Å². The molecule has 0 N–H and O–H groups in total. The lowest BCUT2D eigenvalue weighted by Gasteiger charge is -2.29. The van der Waals surface area contributed by atoms with Crippen LogP contribution in [0, 0.1) is 0 Å². The van der Waals surface area contributed by atoms with Crippen molar-refractivity contribution in [2.75, 3.05) is 4.90 Å². The number of aromatic nitrogens is 1. The molecule has 3 heteroatoms. The largest absolute Gasteiger partial charge is 0.456 e. The third-order valence-electron chi connectivity index (χ3n) is 11.0. The van der Waals surface area contributed by atoms with Crippen LogP contribution in [0.25, 0.3) is 82.5 Å². The first kappa shape index (κ1) is 31.2. The van der Waals surface area contributed by atoms with Crippen LogP contribution in [0.1, 0.15) is 0 Å². The third kappa shape index (κ3) is 5.05. The van der Waals surface area contributed by atoms with Crippen LogP contribution in [-0.2, 0) is 0 Å². The van der Waals surface area contributed by atoms with Crippen molar-refractivity contribution in [2.45, 2.75) is 0 Å². The fourth-order valence-electron chi connectivity index (χ4n) is 8.54. The summed E-state index contributed by atoms with van der Waals surface area (Å²) in [6.45, 7) is 0. The highest BCUT2D eigenvalue weighted by molar-refractivity contribution is 6.19. The Labute approximate surface area is 318 Å². The second kappa shape index (κ2) is 12.6. The van der Waals surface area contributed by atoms with Gasteiger partial charge in [-0.25, -0.2) is 0 Å². The van der Waals surface area contributed by atoms with Crippen LogP contribution in [-0.4, -0.2) is 4.57 Å². The Morgan fingerprint density at radius 2 is 1.02 bits per heavy atom. The van der Waals surface area contributed by atoms with E-state index in [1.54, 1.807) is 0 Å². The van der Waals surface area contributed by atoms with Gasteiger partial charge in [0, 0.05) is 44.2 Å². The zero-order valence-electron chi connectivity index (χ0n) is 29.9. The number of anilines is 3. The smallest absolute Gasteiger partial charge is 0.136 e. The Balaban J connectivity index is 1.21. The standard InChI is InChI=1S/C52H34N2O/c1-2-14-35(15-3-1)36-28-30-38(31-29-36)53(39-18-13-19-40(34-39)54-46-25-9-6-21-42(46)43-22-7-10-26-47(43)54)48-32-33-50-52(45-23-8-11-27-49(45)55-50)51(48)44-24-12-17-37-16-4-5-20-41(37)44/h1-34H. The summed E-state index contributed by atoms with van der Waals surface area (Å²) in [7, 11) is 0. The number of furan rings is 1. The van der Waals surface area contributed by atoms with Crippen molar-refractivity contribution in [2.24, 2.45) is 0 Å². The summed E-state index contributed by atoms with van der Waals surface area (Å²) in [5, 5.41) is 7.08. The summed E-state index contributed by atoms with van der Waals surface area (Å²) in [5.41, 5.74) is 13.1. The van der Waals surface area contributed by atoms with Gasteiger partial charge in [0.1, 0.15) is 11.2 Å². The monoisotopic (exact) mass is 702 g/mol. The van der Waals surface area contributed by atoms with Gasteiger partial charge in [-0.15, -0.1) is 0 Å². The number of para-hydroxylation sites is 3. The van der Waals surface area contributed by atoms with Gasteiger partial charge in [-0.3, -0.25) is 0 Å². The van der Waals surface area contributed by atoms with Crippen LogP contribution < -0.4 is 4.90 Å². The second-order valence-corrected chi connectivity index (χ2v) is 14.1. The van der Waals surface area contributed by atoms with Crippen molar-refractivity contribution in [3.05, 3.63) is 206 Å². The van der Waals surface area contributed by atoms with E-state index in [1.165, 1.54) is 43.7 Å². The molecule has 55 heavy (non-hydrogen) atoms. The molecule has 258 valence electrons. The third-order valence-corrected chi connectivity index (χ3v) is 11.0. The Bertz CT molecular complexity index is 3150. The normalized spacial score (nSPS) is 11.6. The van der Waals surface area contributed by atoms with Gasteiger partial charge in [0.2, 0.25) is 0 Å². The van der Waals surface area contributed by atoms with Gasteiger partial charge in [0.05, 0.1) is 16.7 Å². The quantitative estimate of drug-likeness (QED) is 0.172. The predicted octanol–water partition coefficient (Wildman–Crippen LogP) is 14.6. The highest BCUT2D eigenvalue weighted by Gasteiger charge is 2.24. The summed E-state index contributed by atoms with van der Waals surface area (Å²) >= 11 is 0. The lowest BCUT2D eigenvalue weighted by atomic mass is 9.92. The fourth-order valence-corrected chi connectivity index (χ4v) is 8.54. The molecule has 0 aliphatic carbocycles. The minimum Gasteiger partial charge on any atom is -0.456 e. The maximum atomic E-state index is 6.57. The lowest BCUT2D eigenvalue weighted by Crippen LogP contribution is -2.12. The first-order valence-corrected chi connectivity index (χ1v) is 18.8. The maximum Gasteiger partial charge on any atom is 0.136 e. The van der Waals surface area contributed by atoms with Gasteiger partial charge in [0.15, 0.2) is 0 Å². The van der Waals surface area contributed by atoms with Crippen molar-refractivity contribution in [1.29, 1.82) is 0 Å². The Morgan fingerprint density at radius 1 is 0.400 bits per heavy atom. The minimum atomic E-state index is 0.867. The predicted molar refractivity (Wildman–Crippen MR) is 231 cm³/mol. The highest BCUT2D eigenvalue weighted by Crippen LogP contribution is 2.49. The van der Waals surface area contributed by atoms with Crippen LogP contribution in [0.15, 0.2) is 211 Å². The second-order valence-electron chi connectivity index (χ2n) is 14.1. The minimum absolute atomic E-state index is 0.867. The molecule has 2 aromatic heterocycles. The topological polar surface area (TPSA) is 21.3 Å². The molecule has 3 nitrogen and oxygen atoms in total. The molecule has 9 aromatic carbocycles. The molecule has 0 atom stereocenters. The molecule has 0 radical (unpaired) electrons. The van der Waals surface area contributed by atoms with E-state index >= 15 is 0 Å². The van der Waals surface area contributed by atoms with E-state index in [0.717, 1.165) is 55.8 Å². The Hall–Kier alpha value is -7.36. The zero-order chi connectivity index (χ0) is 36.3. The van der Waals surface area contributed by atoms with Crippen LogP contribution in [0.2, 0.25) is 0 Å². The molecule has 2 heterocycles. The number of rotatable bonds is 6. The van der Waals surface area contributed by atoms with Gasteiger partial charge in [-0.1, -0.05) is 146 Å². The van der Waals surface area contributed by atoms with Gasteiger partial charge >= 0.3 is 0 Å². The summed E-state index contributed by atoms with van der Waals surface area (Å²) in [6, 6.07) is 74.0. The van der Waals surface area contributed by atoms with Gasteiger partial charge < -0.3 is 13.9 Å². The molecule has 0 saturated heterocycles. The first-order valence-electron chi connectivity index (χ1n) is 18.8. The molecule has 0 bridgehead atoms. The molecule has 11 rings (SSSR count). The Kier molecular flexibility index (Phi) is 7.17. The maximum absolute atomic E-state index is 6.57. The summed E-state index contributed by atoms with van der Waals surface area (Å²) in [5.74, 6) is 0. The summed E-state index contributed by atoms with van der Waals surface area (Å²) in [4.78, 5) is 2.42. The van der Waals surface area contributed by atoms with Crippen molar-refractivity contribution in [3.63, 3.8) is 0 Å². The molecule has 0 aliphatic rings. The van der Waals surface area contributed by atoms with Crippen molar-refractivity contribution in [1.82, 2.24) is 4.57 Å². The van der Waals surface area contributed by atoms with E-state index in [4.69, 9.17) is 4.42 Å². The molecular formula is C52H34N2O. The summed E-state index contributed by atoms with van der Waals surface area (Å²) in [6.07, 6.45) is 0. The molecule has 0 unspecified atom stereocenters. The summed E-state index contributed by atoms with van der Waals surface area (Å²) < 4.78 is 8.96. The van der Waals surface area contributed by atoms with Gasteiger partial charge in [-0.2, -0.15) is 0 Å². The zero-order valence-corrected chi connectivity index (χ0v) is 29.9. The van der Waals surface area contributed by atoms with Crippen LogP contribution in [0.4, 0.5) is 17.1 Å². The van der Waals surface area contributed by atoms with E-state index < -0.39 is 0 Å². The number of fused-ring (bicyclic) bond motifs is 7. The van der Waals surface area contributed by atoms with Crippen LogP contribution >= 0.6 is 0 Å². The van der Waals surface area contributed by atoms with Crippen molar-refractivity contribution < 1.29 is 4.42 Å². The number of hydrogen-bond acceptors (Lipinski definition) is 2. The molecular weight excluding hydrogens is 669 g/mol. The molecule has 11 aromatic rings. The average Bonchev–Trinajstić information content (AvgIpc) is 3.80. The average molecular weight is 703 g/mol. The number of nitrogens with zero attached hydrogens (tertiary/aromatic N) is 2. The molecule has 0 fully saturated rings. The van der Waals surface area contributed by atoms with Crippen molar-refractivity contribution in [3.8, 4) is 27.9 Å². The Morgan fingerprint density at radius 3 is 1.80 bits per heavy atom. The van der Waals surface area contributed by atoms with Gasteiger partial charge in [-0.05, 0) is 88.1 Å². The molecule has 0 spiro atoms. The van der Waals surface area contributed by atoms with E-state index in [0.29, 0.717) is 0 Å². The molecule has 0 saturated carbocycles. The van der Waals surface area contributed by atoms with Crippen molar-refractivity contribution >= 4 is 71.6 Å². The highest BCUT2D eigenvalue weighted by atomic mass is 16.3. The first-order chi connectivity index (χ1) is 27.3. The van der Waals surface area contributed by atoms with E-state index in [1.807, 2.05) is 6.07 Å². The van der Waals surface area contributed by atoms with Gasteiger partial charge in [0.25, 0.3) is 0 Å². The fraction of sp³-hybridized carbons (Fsp3) is 0. The van der Waals surface area contributed by atoms with Crippen LogP contribution in [0.5, 0.6) is 0 Å². The number of benzene rings is 9. The van der Waals surface area contributed by atoms with Crippen LogP contribution in [0.3, 0.4) is 0 Å². The van der Waals surface area contributed by atoms with E-state index in [2.05, 4.69) is 210 Å². The molecule has 0 amide bonds. The lowest BCUT2D eigenvalue weighted by molar-refractivity contribution is 0.669.